The van der Waals surface area contributed by atoms with Gasteiger partial charge in [0.1, 0.15) is 6.61 Å². The number of piperidine rings is 1. The van der Waals surface area contributed by atoms with Crippen LogP contribution < -0.4 is 10.6 Å². The highest BCUT2D eigenvalue weighted by Gasteiger charge is 2.39. The lowest BCUT2D eigenvalue weighted by Crippen LogP contribution is -2.58. The number of carboxylic acids is 1. The summed E-state index contributed by atoms with van der Waals surface area (Å²) in [6, 6.07) is 16.5. The molecule has 1 heterocycles. The Morgan fingerprint density at radius 3 is 2.34 bits per heavy atom. The Balaban J connectivity index is 1.47. The van der Waals surface area contributed by atoms with Crippen LogP contribution in [0.25, 0.3) is 11.1 Å². The highest BCUT2D eigenvalue weighted by molar-refractivity contribution is 5.79. The Kier molecular flexibility index (Phi) is 5.28. The summed E-state index contributed by atoms with van der Waals surface area (Å²) in [6.45, 7) is 2.88. The smallest absolute Gasteiger partial charge is 0.407 e. The predicted molar refractivity (Wildman–Crippen MR) is 110 cm³/mol. The van der Waals surface area contributed by atoms with Crippen molar-refractivity contribution >= 4 is 12.1 Å². The Hall–Kier alpha value is -2.86. The van der Waals surface area contributed by atoms with Gasteiger partial charge in [0.25, 0.3) is 0 Å². The highest BCUT2D eigenvalue weighted by Crippen LogP contribution is 2.44. The standard InChI is InChI=1S/C23H26N2O4/c1-15-12-23(10-11-24-15,13-21(26)27)25-22(28)29-14-20-18-8-4-2-6-16(18)17-7-3-5-9-19(17)20/h2-9,15,20,24H,10-14H2,1H3,(H,25,28)(H,26,27). The van der Waals surface area contributed by atoms with E-state index in [0.29, 0.717) is 19.4 Å². The maximum absolute atomic E-state index is 12.6. The van der Waals surface area contributed by atoms with Crippen LogP contribution in [0.3, 0.4) is 0 Å². The molecule has 0 aromatic heterocycles. The summed E-state index contributed by atoms with van der Waals surface area (Å²) in [4.78, 5) is 24.0. The number of nitrogens with one attached hydrogen (secondary N) is 2. The van der Waals surface area contributed by atoms with Crippen molar-refractivity contribution in [1.82, 2.24) is 10.6 Å². The molecule has 29 heavy (non-hydrogen) atoms. The van der Waals surface area contributed by atoms with Crippen molar-refractivity contribution in [2.75, 3.05) is 13.2 Å². The Morgan fingerprint density at radius 1 is 1.14 bits per heavy atom. The van der Waals surface area contributed by atoms with Gasteiger partial charge in [-0.2, -0.15) is 0 Å². The van der Waals surface area contributed by atoms with Gasteiger partial charge in [-0.05, 0) is 48.6 Å². The summed E-state index contributed by atoms with van der Waals surface area (Å²) in [5, 5.41) is 15.5. The van der Waals surface area contributed by atoms with Crippen molar-refractivity contribution < 1.29 is 19.4 Å². The molecule has 0 saturated carbocycles. The topological polar surface area (TPSA) is 87.7 Å². The van der Waals surface area contributed by atoms with Crippen molar-refractivity contribution in [1.29, 1.82) is 0 Å². The molecule has 3 N–H and O–H groups in total. The molecule has 6 nitrogen and oxygen atoms in total. The van der Waals surface area contributed by atoms with Gasteiger partial charge in [0.05, 0.1) is 12.0 Å². The Labute approximate surface area is 170 Å². The number of hydrogen-bond donors (Lipinski definition) is 3. The third-order valence-electron chi connectivity index (χ3n) is 5.99. The second-order valence-corrected chi connectivity index (χ2v) is 8.11. The lowest BCUT2D eigenvalue weighted by molar-refractivity contribution is -0.139. The normalized spacial score (nSPS) is 23.1. The monoisotopic (exact) mass is 394 g/mol. The van der Waals surface area contributed by atoms with Crippen LogP contribution in [-0.4, -0.2) is 41.9 Å². The largest absolute Gasteiger partial charge is 0.481 e. The van der Waals surface area contributed by atoms with Crippen LogP contribution in [0.5, 0.6) is 0 Å². The number of aliphatic carboxylic acids is 1. The molecule has 0 spiro atoms. The zero-order valence-electron chi connectivity index (χ0n) is 16.5. The molecule has 1 aliphatic carbocycles. The molecule has 2 aliphatic rings. The third-order valence-corrected chi connectivity index (χ3v) is 5.99. The lowest BCUT2D eigenvalue weighted by atomic mass is 9.82. The van der Waals surface area contributed by atoms with E-state index in [4.69, 9.17) is 4.74 Å². The molecule has 1 amide bonds. The van der Waals surface area contributed by atoms with Crippen molar-refractivity contribution in [2.24, 2.45) is 0 Å². The number of hydrogen-bond acceptors (Lipinski definition) is 4. The van der Waals surface area contributed by atoms with Crippen LogP contribution >= 0.6 is 0 Å². The van der Waals surface area contributed by atoms with E-state index in [1.54, 1.807) is 0 Å². The highest BCUT2D eigenvalue weighted by atomic mass is 16.5. The minimum Gasteiger partial charge on any atom is -0.481 e. The van der Waals surface area contributed by atoms with E-state index in [0.717, 1.165) is 11.1 Å². The number of carbonyl (C=O) groups excluding carboxylic acids is 1. The van der Waals surface area contributed by atoms with Gasteiger partial charge in [0, 0.05) is 12.0 Å². The van der Waals surface area contributed by atoms with E-state index in [2.05, 4.69) is 34.9 Å². The van der Waals surface area contributed by atoms with Gasteiger partial charge in [-0.3, -0.25) is 4.79 Å². The second-order valence-electron chi connectivity index (χ2n) is 8.11. The van der Waals surface area contributed by atoms with E-state index in [1.165, 1.54) is 11.1 Å². The molecule has 2 unspecified atom stereocenters. The van der Waals surface area contributed by atoms with Crippen LogP contribution in [-0.2, 0) is 9.53 Å². The van der Waals surface area contributed by atoms with E-state index >= 15 is 0 Å². The number of carboxylic acid groups (broad SMARTS) is 1. The van der Waals surface area contributed by atoms with Gasteiger partial charge in [0.2, 0.25) is 0 Å². The average Bonchev–Trinajstić information content (AvgIpc) is 2.99. The minimum atomic E-state index is -0.918. The zero-order chi connectivity index (χ0) is 20.4. The van der Waals surface area contributed by atoms with Crippen molar-refractivity contribution in [3.05, 3.63) is 59.7 Å². The number of amides is 1. The fraction of sp³-hybridized carbons (Fsp3) is 0.391. The van der Waals surface area contributed by atoms with Crippen molar-refractivity contribution in [3.8, 4) is 11.1 Å². The summed E-state index contributed by atoms with van der Waals surface area (Å²) < 4.78 is 5.62. The van der Waals surface area contributed by atoms with Gasteiger partial charge in [-0.1, -0.05) is 48.5 Å². The van der Waals surface area contributed by atoms with Crippen molar-refractivity contribution in [2.45, 2.75) is 43.7 Å². The molecule has 0 radical (unpaired) electrons. The first kappa shape index (κ1) is 19.5. The second kappa shape index (κ2) is 7.87. The summed E-state index contributed by atoms with van der Waals surface area (Å²) >= 11 is 0. The maximum atomic E-state index is 12.6. The molecule has 2 atom stereocenters. The maximum Gasteiger partial charge on any atom is 0.407 e. The minimum absolute atomic E-state index is 0.0180. The average molecular weight is 394 g/mol. The number of fused-ring (bicyclic) bond motifs is 3. The molecular formula is C23H26N2O4. The summed E-state index contributed by atoms with van der Waals surface area (Å²) in [5.74, 6) is -0.937. The summed E-state index contributed by atoms with van der Waals surface area (Å²) in [5.41, 5.74) is 3.87. The lowest BCUT2D eigenvalue weighted by Gasteiger charge is -2.40. The molecule has 1 saturated heterocycles. The molecule has 6 heteroatoms. The first-order valence-electron chi connectivity index (χ1n) is 10.1. The van der Waals surface area contributed by atoms with E-state index in [9.17, 15) is 14.7 Å². The number of rotatable bonds is 5. The Bertz CT molecular complexity index is 883. The zero-order valence-corrected chi connectivity index (χ0v) is 16.5. The van der Waals surface area contributed by atoms with Gasteiger partial charge >= 0.3 is 12.1 Å². The molecule has 1 aliphatic heterocycles. The van der Waals surface area contributed by atoms with Gasteiger partial charge in [-0.15, -0.1) is 0 Å². The van der Waals surface area contributed by atoms with Crippen LogP contribution in [0.1, 0.15) is 43.2 Å². The molecule has 4 rings (SSSR count). The van der Waals surface area contributed by atoms with Crippen LogP contribution in [0.15, 0.2) is 48.5 Å². The van der Waals surface area contributed by atoms with Crippen LogP contribution in [0.4, 0.5) is 4.79 Å². The van der Waals surface area contributed by atoms with E-state index < -0.39 is 17.6 Å². The number of benzene rings is 2. The molecular weight excluding hydrogens is 368 g/mol. The Morgan fingerprint density at radius 2 is 1.76 bits per heavy atom. The molecule has 1 fully saturated rings. The molecule has 2 aromatic rings. The van der Waals surface area contributed by atoms with Gasteiger partial charge in [-0.25, -0.2) is 4.79 Å². The number of carbonyl (C=O) groups is 2. The van der Waals surface area contributed by atoms with Crippen LogP contribution in [0, 0.1) is 0 Å². The van der Waals surface area contributed by atoms with E-state index in [-0.39, 0.29) is 25.0 Å². The molecule has 0 bridgehead atoms. The fourth-order valence-electron chi connectivity index (χ4n) is 4.78. The quantitative estimate of drug-likeness (QED) is 0.722. The van der Waals surface area contributed by atoms with Gasteiger partial charge < -0.3 is 20.5 Å². The van der Waals surface area contributed by atoms with Crippen molar-refractivity contribution in [3.63, 3.8) is 0 Å². The van der Waals surface area contributed by atoms with E-state index in [1.807, 2.05) is 31.2 Å². The number of alkyl carbamates (subject to hydrolysis) is 1. The fourth-order valence-corrected chi connectivity index (χ4v) is 4.78. The first-order chi connectivity index (χ1) is 14.0. The third kappa shape index (κ3) is 3.98. The first-order valence-corrected chi connectivity index (χ1v) is 10.1. The number of ether oxygens (including phenoxy) is 1. The molecule has 2 aromatic carbocycles. The summed E-state index contributed by atoms with van der Waals surface area (Å²) in [7, 11) is 0. The van der Waals surface area contributed by atoms with Crippen LogP contribution in [0.2, 0.25) is 0 Å². The SMILES string of the molecule is CC1CC(CC(=O)O)(NC(=O)OCC2c3ccccc3-c3ccccc32)CCN1. The summed E-state index contributed by atoms with van der Waals surface area (Å²) in [6.07, 6.45) is 0.461. The van der Waals surface area contributed by atoms with Gasteiger partial charge in [0.15, 0.2) is 0 Å². The molecule has 152 valence electrons. The predicted octanol–water partition coefficient (Wildman–Crippen LogP) is 3.51.